The van der Waals surface area contributed by atoms with E-state index in [1.54, 1.807) is 19.1 Å². The third-order valence-corrected chi connectivity index (χ3v) is 4.53. The number of aryl methyl sites for hydroxylation is 2. The predicted molar refractivity (Wildman–Crippen MR) is 85.7 cm³/mol. The Hall–Kier alpha value is -1.85. The van der Waals surface area contributed by atoms with Crippen LogP contribution in [0.25, 0.3) is 0 Å². The maximum Gasteiger partial charge on any atom is 0.238 e. The summed E-state index contributed by atoms with van der Waals surface area (Å²) >= 11 is 0. The van der Waals surface area contributed by atoms with Gasteiger partial charge < -0.3 is 5.32 Å². The van der Waals surface area contributed by atoms with Crippen LogP contribution in [0.4, 0.5) is 5.69 Å². The lowest BCUT2D eigenvalue weighted by Crippen LogP contribution is -2.14. The molecule has 0 aliphatic rings. The van der Waals surface area contributed by atoms with Crippen LogP contribution in [0.15, 0.2) is 47.4 Å². The number of nitrogens with one attached hydrogen (secondary N) is 1. The van der Waals surface area contributed by atoms with Gasteiger partial charge in [0.15, 0.2) is 0 Å². The molecular formula is C16H20N2O2S. The van der Waals surface area contributed by atoms with Gasteiger partial charge in [-0.2, -0.15) is 0 Å². The van der Waals surface area contributed by atoms with E-state index in [0.29, 0.717) is 12.1 Å². The van der Waals surface area contributed by atoms with Crippen LogP contribution >= 0.6 is 0 Å². The van der Waals surface area contributed by atoms with Gasteiger partial charge in [0.2, 0.25) is 10.0 Å². The Morgan fingerprint density at radius 1 is 1.10 bits per heavy atom. The molecular weight excluding hydrogens is 284 g/mol. The summed E-state index contributed by atoms with van der Waals surface area (Å²) in [6, 6.07) is 13.4. The molecule has 0 unspecified atom stereocenters. The monoisotopic (exact) mass is 304 g/mol. The van der Waals surface area contributed by atoms with Crippen molar-refractivity contribution in [3.05, 3.63) is 59.2 Å². The average Bonchev–Trinajstić information content (AvgIpc) is 2.45. The predicted octanol–water partition coefficient (Wildman–Crippen LogP) is 2.82. The SMILES string of the molecule is CCc1ccccc1CNc1ccc(C)c(S(N)(=O)=O)c1. The summed E-state index contributed by atoms with van der Waals surface area (Å²) in [5.41, 5.74) is 3.88. The maximum atomic E-state index is 11.5. The maximum absolute atomic E-state index is 11.5. The van der Waals surface area contributed by atoms with Crippen LogP contribution in [0.2, 0.25) is 0 Å². The lowest BCUT2D eigenvalue weighted by Gasteiger charge is -2.12. The molecule has 0 spiro atoms. The molecule has 0 aliphatic carbocycles. The van der Waals surface area contributed by atoms with Crippen molar-refractivity contribution in [1.82, 2.24) is 0 Å². The molecule has 4 nitrogen and oxygen atoms in total. The van der Waals surface area contributed by atoms with Crippen molar-refractivity contribution in [3.8, 4) is 0 Å². The first-order valence-electron chi connectivity index (χ1n) is 6.86. The minimum absolute atomic E-state index is 0.163. The summed E-state index contributed by atoms with van der Waals surface area (Å²) in [6.07, 6.45) is 0.966. The Balaban J connectivity index is 2.21. The van der Waals surface area contributed by atoms with E-state index in [4.69, 9.17) is 5.14 Å². The van der Waals surface area contributed by atoms with Crippen LogP contribution in [0.3, 0.4) is 0 Å². The third kappa shape index (κ3) is 3.83. The Labute approximate surface area is 126 Å². The zero-order valence-corrected chi connectivity index (χ0v) is 13.1. The Morgan fingerprint density at radius 2 is 1.76 bits per heavy atom. The third-order valence-electron chi connectivity index (χ3n) is 3.48. The molecule has 0 bridgehead atoms. The molecule has 0 aromatic heterocycles. The first-order valence-corrected chi connectivity index (χ1v) is 8.40. The van der Waals surface area contributed by atoms with E-state index in [2.05, 4.69) is 24.4 Å². The van der Waals surface area contributed by atoms with Crippen LogP contribution in [-0.4, -0.2) is 8.42 Å². The van der Waals surface area contributed by atoms with Gasteiger partial charge in [-0.15, -0.1) is 0 Å². The van der Waals surface area contributed by atoms with Crippen molar-refractivity contribution in [2.75, 3.05) is 5.32 Å². The summed E-state index contributed by atoms with van der Waals surface area (Å²) in [6.45, 7) is 4.50. The molecule has 2 aromatic rings. The number of anilines is 1. The van der Waals surface area contributed by atoms with E-state index in [-0.39, 0.29) is 4.90 Å². The van der Waals surface area contributed by atoms with E-state index < -0.39 is 10.0 Å². The number of sulfonamides is 1. The number of nitrogens with two attached hydrogens (primary N) is 1. The van der Waals surface area contributed by atoms with E-state index >= 15 is 0 Å². The number of hydrogen-bond acceptors (Lipinski definition) is 3. The summed E-state index contributed by atoms with van der Waals surface area (Å²) in [7, 11) is -3.69. The van der Waals surface area contributed by atoms with Gasteiger partial charge in [-0.1, -0.05) is 37.3 Å². The zero-order valence-electron chi connectivity index (χ0n) is 12.3. The Kier molecular flexibility index (Phi) is 4.65. The molecule has 0 heterocycles. The normalized spacial score (nSPS) is 11.4. The fraction of sp³-hybridized carbons (Fsp3) is 0.250. The molecule has 0 aliphatic heterocycles. The second-order valence-corrected chi connectivity index (χ2v) is 6.53. The summed E-state index contributed by atoms with van der Waals surface area (Å²) in [5, 5.41) is 8.48. The minimum Gasteiger partial charge on any atom is -0.381 e. The van der Waals surface area contributed by atoms with E-state index in [1.165, 1.54) is 11.1 Å². The number of benzene rings is 2. The lowest BCUT2D eigenvalue weighted by atomic mass is 10.1. The van der Waals surface area contributed by atoms with Crippen molar-refractivity contribution < 1.29 is 8.42 Å². The fourth-order valence-electron chi connectivity index (χ4n) is 2.29. The second-order valence-electron chi connectivity index (χ2n) is 5.00. The highest BCUT2D eigenvalue weighted by Crippen LogP contribution is 2.20. The van der Waals surface area contributed by atoms with Crippen molar-refractivity contribution in [1.29, 1.82) is 0 Å². The van der Waals surface area contributed by atoms with Gasteiger partial charge in [-0.05, 0) is 42.2 Å². The van der Waals surface area contributed by atoms with Gasteiger partial charge in [0.1, 0.15) is 0 Å². The smallest absolute Gasteiger partial charge is 0.238 e. The second kappa shape index (κ2) is 6.28. The molecule has 0 amide bonds. The summed E-state index contributed by atoms with van der Waals surface area (Å²) in [5.74, 6) is 0. The molecule has 0 fully saturated rings. The molecule has 2 aromatic carbocycles. The average molecular weight is 304 g/mol. The van der Waals surface area contributed by atoms with Crippen molar-refractivity contribution >= 4 is 15.7 Å². The summed E-state index contributed by atoms with van der Waals surface area (Å²) < 4.78 is 23.1. The van der Waals surface area contributed by atoms with E-state index in [1.807, 2.05) is 18.2 Å². The molecule has 112 valence electrons. The van der Waals surface area contributed by atoms with E-state index in [9.17, 15) is 8.42 Å². The van der Waals surface area contributed by atoms with Gasteiger partial charge >= 0.3 is 0 Å². The molecule has 0 saturated heterocycles. The summed E-state index contributed by atoms with van der Waals surface area (Å²) in [4.78, 5) is 0.163. The minimum atomic E-state index is -3.69. The topological polar surface area (TPSA) is 72.2 Å². The molecule has 21 heavy (non-hydrogen) atoms. The first-order chi connectivity index (χ1) is 9.91. The zero-order chi connectivity index (χ0) is 15.5. The quantitative estimate of drug-likeness (QED) is 0.892. The van der Waals surface area contributed by atoms with Crippen LogP contribution < -0.4 is 10.5 Å². The molecule has 5 heteroatoms. The highest BCUT2D eigenvalue weighted by Gasteiger charge is 2.12. The van der Waals surface area contributed by atoms with Crippen molar-refractivity contribution in [2.24, 2.45) is 5.14 Å². The molecule has 0 saturated carbocycles. The molecule has 3 N–H and O–H groups in total. The first kappa shape index (κ1) is 15.5. The van der Waals surface area contributed by atoms with E-state index in [0.717, 1.165) is 12.1 Å². The standard InChI is InChI=1S/C16H20N2O2S/c1-3-13-6-4-5-7-14(13)11-18-15-9-8-12(2)16(10-15)21(17,19)20/h4-10,18H,3,11H2,1-2H3,(H2,17,19,20). The van der Waals surface area contributed by atoms with Crippen LogP contribution in [0, 0.1) is 6.92 Å². The van der Waals surface area contributed by atoms with Gasteiger partial charge in [0, 0.05) is 12.2 Å². The van der Waals surface area contributed by atoms with Crippen LogP contribution in [-0.2, 0) is 23.0 Å². The highest BCUT2D eigenvalue weighted by atomic mass is 32.2. The highest BCUT2D eigenvalue weighted by molar-refractivity contribution is 7.89. The number of hydrogen-bond donors (Lipinski definition) is 2. The Bertz CT molecular complexity index is 740. The largest absolute Gasteiger partial charge is 0.381 e. The molecule has 2 rings (SSSR count). The molecule has 0 atom stereocenters. The molecule has 0 radical (unpaired) electrons. The number of rotatable bonds is 5. The van der Waals surface area contributed by atoms with Gasteiger partial charge in [-0.3, -0.25) is 0 Å². The van der Waals surface area contributed by atoms with Gasteiger partial charge in [0.05, 0.1) is 4.90 Å². The van der Waals surface area contributed by atoms with Crippen molar-refractivity contribution in [3.63, 3.8) is 0 Å². The number of primary sulfonamides is 1. The van der Waals surface area contributed by atoms with Gasteiger partial charge in [-0.25, -0.2) is 13.6 Å². The van der Waals surface area contributed by atoms with Gasteiger partial charge in [0.25, 0.3) is 0 Å². The lowest BCUT2D eigenvalue weighted by molar-refractivity contribution is 0.597. The van der Waals surface area contributed by atoms with Crippen LogP contribution in [0.5, 0.6) is 0 Å². The fourth-order valence-corrected chi connectivity index (χ4v) is 3.10. The van der Waals surface area contributed by atoms with Crippen molar-refractivity contribution in [2.45, 2.75) is 31.7 Å². The van der Waals surface area contributed by atoms with Crippen LogP contribution in [0.1, 0.15) is 23.6 Å². The Morgan fingerprint density at radius 3 is 2.38 bits per heavy atom.